The van der Waals surface area contributed by atoms with Gasteiger partial charge in [0.15, 0.2) is 11.6 Å². The van der Waals surface area contributed by atoms with Gasteiger partial charge in [0, 0.05) is 36.6 Å². The van der Waals surface area contributed by atoms with Crippen molar-refractivity contribution in [3.05, 3.63) is 70.7 Å². The zero-order valence-electron chi connectivity index (χ0n) is 16.1. The zero-order chi connectivity index (χ0) is 20.2. The third-order valence-corrected chi connectivity index (χ3v) is 4.49. The smallest absolute Gasteiger partial charge is 0.298 e. The van der Waals surface area contributed by atoms with E-state index in [4.69, 9.17) is 0 Å². The van der Waals surface area contributed by atoms with Crippen molar-refractivity contribution < 1.29 is 0 Å². The van der Waals surface area contributed by atoms with Gasteiger partial charge in [0.05, 0.1) is 6.20 Å². The monoisotopic (exact) mass is 391 g/mol. The van der Waals surface area contributed by atoms with E-state index in [0.29, 0.717) is 12.2 Å². The molecule has 0 fully saturated rings. The van der Waals surface area contributed by atoms with Crippen LogP contribution in [-0.4, -0.2) is 40.0 Å². The number of H-pyrrole nitrogens is 1. The van der Waals surface area contributed by atoms with Crippen molar-refractivity contribution in [1.29, 1.82) is 0 Å². The van der Waals surface area contributed by atoms with Crippen LogP contribution in [0.4, 0.5) is 11.6 Å². The Morgan fingerprint density at radius 3 is 2.66 bits per heavy atom. The molecule has 0 radical (unpaired) electrons. The second kappa shape index (κ2) is 8.05. The predicted octanol–water partition coefficient (Wildman–Crippen LogP) is 2.05. The lowest BCUT2D eigenvalue weighted by atomic mass is 10.1. The maximum atomic E-state index is 12.9. The quantitative estimate of drug-likeness (QED) is 0.495. The standard InChI is InChI=1S/C19H21N9O/c1-13(2)28-17(9-10-21-28)22-18-19(29)27(12-11-20-18)15-6-3-14(4-7-15)5-8-16-23-25-26-24-16/h3-4,6-7,9-13H,5,8H2,1-2H3,(H,20,22)(H,23,24,25,26). The largest absolute Gasteiger partial charge is 0.320 e. The molecule has 4 aromatic rings. The number of hydrogen-bond acceptors (Lipinski definition) is 7. The molecule has 3 aromatic heterocycles. The molecule has 0 atom stereocenters. The molecule has 148 valence electrons. The molecule has 29 heavy (non-hydrogen) atoms. The highest BCUT2D eigenvalue weighted by atomic mass is 16.1. The minimum atomic E-state index is -0.233. The number of aromatic amines is 1. The van der Waals surface area contributed by atoms with E-state index < -0.39 is 0 Å². The summed E-state index contributed by atoms with van der Waals surface area (Å²) in [7, 11) is 0. The van der Waals surface area contributed by atoms with Crippen molar-refractivity contribution in [2.24, 2.45) is 0 Å². The molecule has 0 saturated carbocycles. The Labute approximate surface area is 166 Å². The summed E-state index contributed by atoms with van der Waals surface area (Å²) in [6.07, 6.45) is 6.43. The number of aryl methyl sites for hydroxylation is 2. The zero-order valence-corrected chi connectivity index (χ0v) is 16.1. The van der Waals surface area contributed by atoms with Crippen LogP contribution in [0.3, 0.4) is 0 Å². The highest BCUT2D eigenvalue weighted by molar-refractivity contribution is 5.51. The summed E-state index contributed by atoms with van der Waals surface area (Å²) in [5.74, 6) is 1.64. The Balaban J connectivity index is 1.53. The van der Waals surface area contributed by atoms with E-state index in [-0.39, 0.29) is 17.4 Å². The third-order valence-electron chi connectivity index (χ3n) is 4.49. The van der Waals surface area contributed by atoms with Crippen LogP contribution in [-0.2, 0) is 12.8 Å². The van der Waals surface area contributed by atoms with Crippen molar-refractivity contribution in [2.75, 3.05) is 5.32 Å². The molecule has 0 aliphatic carbocycles. The number of nitrogens with one attached hydrogen (secondary N) is 2. The average Bonchev–Trinajstić information content (AvgIpc) is 3.40. The highest BCUT2D eigenvalue weighted by Crippen LogP contribution is 2.16. The van der Waals surface area contributed by atoms with Gasteiger partial charge in [-0.3, -0.25) is 9.36 Å². The third kappa shape index (κ3) is 4.05. The molecule has 0 aliphatic rings. The molecule has 10 heteroatoms. The van der Waals surface area contributed by atoms with E-state index in [1.54, 1.807) is 27.8 Å². The van der Waals surface area contributed by atoms with Gasteiger partial charge in [0.1, 0.15) is 5.82 Å². The first-order valence-electron chi connectivity index (χ1n) is 9.31. The SMILES string of the molecule is CC(C)n1nccc1Nc1nccn(-c2ccc(CCc3nn[nH]n3)cc2)c1=O. The van der Waals surface area contributed by atoms with E-state index in [1.165, 1.54) is 0 Å². The maximum absolute atomic E-state index is 12.9. The molecule has 10 nitrogen and oxygen atoms in total. The van der Waals surface area contributed by atoms with Gasteiger partial charge >= 0.3 is 0 Å². The molecule has 0 bridgehead atoms. The summed E-state index contributed by atoms with van der Waals surface area (Å²) in [5, 5.41) is 21.3. The fourth-order valence-electron chi connectivity index (χ4n) is 3.01. The van der Waals surface area contributed by atoms with Gasteiger partial charge in [-0.2, -0.15) is 10.3 Å². The molecule has 2 N–H and O–H groups in total. The normalized spacial score (nSPS) is 11.1. The molecule has 0 spiro atoms. The Morgan fingerprint density at radius 2 is 1.93 bits per heavy atom. The lowest BCUT2D eigenvalue weighted by molar-refractivity contribution is 0.539. The van der Waals surface area contributed by atoms with Crippen molar-refractivity contribution >= 4 is 11.6 Å². The fraction of sp³-hybridized carbons (Fsp3) is 0.263. The molecule has 0 amide bonds. The molecular weight excluding hydrogens is 370 g/mol. The van der Waals surface area contributed by atoms with Crippen LogP contribution in [0.25, 0.3) is 5.69 Å². The molecule has 3 heterocycles. The van der Waals surface area contributed by atoms with Gasteiger partial charge in [0.2, 0.25) is 0 Å². The van der Waals surface area contributed by atoms with E-state index >= 15 is 0 Å². The summed E-state index contributed by atoms with van der Waals surface area (Å²) >= 11 is 0. The first-order valence-corrected chi connectivity index (χ1v) is 9.31. The maximum Gasteiger partial charge on any atom is 0.298 e. The second-order valence-electron chi connectivity index (χ2n) is 6.83. The van der Waals surface area contributed by atoms with Crippen LogP contribution in [0.15, 0.2) is 53.7 Å². The molecule has 1 aromatic carbocycles. The van der Waals surface area contributed by atoms with Crippen molar-refractivity contribution in [3.8, 4) is 5.69 Å². The van der Waals surface area contributed by atoms with E-state index in [0.717, 1.165) is 23.5 Å². The molecule has 4 rings (SSSR count). The first-order chi connectivity index (χ1) is 14.1. The van der Waals surface area contributed by atoms with Gasteiger partial charge in [-0.25, -0.2) is 9.67 Å². The van der Waals surface area contributed by atoms with Crippen molar-refractivity contribution in [2.45, 2.75) is 32.7 Å². The Kier molecular flexibility index (Phi) is 5.14. The van der Waals surface area contributed by atoms with Gasteiger partial charge in [-0.15, -0.1) is 10.2 Å². The molecule has 0 aliphatic heterocycles. The minimum absolute atomic E-state index is 0.165. The molecule has 0 saturated heterocycles. The van der Waals surface area contributed by atoms with Crippen molar-refractivity contribution in [1.82, 2.24) is 40.0 Å². The van der Waals surface area contributed by atoms with E-state index in [1.807, 2.05) is 44.2 Å². The highest BCUT2D eigenvalue weighted by Gasteiger charge is 2.11. The van der Waals surface area contributed by atoms with Crippen molar-refractivity contribution in [3.63, 3.8) is 0 Å². The Morgan fingerprint density at radius 1 is 1.10 bits per heavy atom. The first kappa shape index (κ1) is 18.5. The summed E-state index contributed by atoms with van der Waals surface area (Å²) < 4.78 is 3.37. The number of anilines is 2. The van der Waals surface area contributed by atoms with Crippen LogP contribution < -0.4 is 10.9 Å². The van der Waals surface area contributed by atoms with Crippen LogP contribution in [0.2, 0.25) is 0 Å². The van der Waals surface area contributed by atoms with Gasteiger partial charge in [0.25, 0.3) is 5.56 Å². The average molecular weight is 391 g/mol. The number of aromatic nitrogens is 8. The van der Waals surface area contributed by atoms with Crippen LogP contribution in [0, 0.1) is 0 Å². The Bertz CT molecular complexity index is 1130. The molecular formula is C19H21N9O. The molecule has 0 unspecified atom stereocenters. The van der Waals surface area contributed by atoms with Crippen LogP contribution in [0.5, 0.6) is 0 Å². The Hall–Kier alpha value is -3.82. The lowest BCUT2D eigenvalue weighted by Gasteiger charge is -2.13. The summed E-state index contributed by atoms with van der Waals surface area (Å²) in [5.41, 5.74) is 1.66. The summed E-state index contributed by atoms with van der Waals surface area (Å²) in [6, 6.07) is 9.78. The number of hydrogen-bond donors (Lipinski definition) is 2. The van der Waals surface area contributed by atoms with Crippen LogP contribution >= 0.6 is 0 Å². The van der Waals surface area contributed by atoms with Gasteiger partial charge in [-0.1, -0.05) is 17.3 Å². The number of rotatable bonds is 7. The van der Waals surface area contributed by atoms with Crippen LogP contribution in [0.1, 0.15) is 31.3 Å². The fourth-order valence-corrected chi connectivity index (χ4v) is 3.01. The minimum Gasteiger partial charge on any atom is -0.320 e. The summed E-state index contributed by atoms with van der Waals surface area (Å²) in [4.78, 5) is 17.1. The second-order valence-corrected chi connectivity index (χ2v) is 6.83. The van der Waals surface area contributed by atoms with Gasteiger partial charge < -0.3 is 5.32 Å². The number of benzene rings is 1. The van der Waals surface area contributed by atoms with Gasteiger partial charge in [-0.05, 0) is 38.0 Å². The predicted molar refractivity (Wildman–Crippen MR) is 107 cm³/mol. The number of nitrogens with zero attached hydrogens (tertiary/aromatic N) is 7. The van der Waals surface area contributed by atoms with E-state index in [9.17, 15) is 4.79 Å². The topological polar surface area (TPSA) is 119 Å². The van der Waals surface area contributed by atoms with E-state index in [2.05, 4.69) is 36.0 Å². The number of tetrazole rings is 1. The lowest BCUT2D eigenvalue weighted by Crippen LogP contribution is -2.22. The summed E-state index contributed by atoms with van der Waals surface area (Å²) in [6.45, 7) is 4.05.